The standard InChI is InChI=1S/C20H25N3O3/c1-10-16-17(11-4-5-14-15(6-11)26-9-25-14)18-12(21-19(16)23-22-10)7-20(2,3)8-13(18)24/h4-6,10,16-17,19,21-23H,7-9H2,1-3H3. The normalized spacial score (nSPS) is 34.3. The van der Waals surface area contributed by atoms with Crippen molar-refractivity contribution in [2.75, 3.05) is 6.79 Å². The van der Waals surface area contributed by atoms with E-state index >= 15 is 0 Å². The van der Waals surface area contributed by atoms with E-state index in [1.54, 1.807) is 0 Å². The summed E-state index contributed by atoms with van der Waals surface area (Å²) >= 11 is 0. The van der Waals surface area contributed by atoms with Crippen LogP contribution in [0.2, 0.25) is 0 Å². The highest BCUT2D eigenvalue weighted by molar-refractivity contribution is 5.99. The fraction of sp³-hybridized carbons (Fsp3) is 0.550. The van der Waals surface area contributed by atoms with Gasteiger partial charge in [-0.2, -0.15) is 0 Å². The largest absolute Gasteiger partial charge is 0.454 e. The molecular weight excluding hydrogens is 330 g/mol. The maximum absolute atomic E-state index is 13.2. The third kappa shape index (κ3) is 2.36. The second-order valence-electron chi connectivity index (χ2n) is 8.70. The summed E-state index contributed by atoms with van der Waals surface area (Å²) in [6, 6.07) is 6.35. The fourth-order valence-corrected chi connectivity index (χ4v) is 5.02. The van der Waals surface area contributed by atoms with Gasteiger partial charge in [-0.1, -0.05) is 19.9 Å². The first-order valence-electron chi connectivity index (χ1n) is 9.36. The third-order valence-electron chi connectivity index (χ3n) is 6.13. The highest BCUT2D eigenvalue weighted by atomic mass is 16.7. The Hall–Kier alpha value is -2.05. The molecule has 1 aromatic rings. The van der Waals surface area contributed by atoms with Crippen LogP contribution < -0.4 is 25.6 Å². The lowest BCUT2D eigenvalue weighted by molar-refractivity contribution is -0.118. The highest BCUT2D eigenvalue weighted by Gasteiger charge is 2.49. The van der Waals surface area contributed by atoms with Crippen LogP contribution in [0.15, 0.2) is 29.5 Å². The summed E-state index contributed by atoms with van der Waals surface area (Å²) in [5.41, 5.74) is 9.90. The van der Waals surface area contributed by atoms with E-state index in [1.165, 1.54) is 0 Å². The van der Waals surface area contributed by atoms with Gasteiger partial charge in [0.25, 0.3) is 0 Å². The monoisotopic (exact) mass is 355 g/mol. The van der Waals surface area contributed by atoms with Crippen molar-refractivity contribution >= 4 is 5.78 Å². The number of rotatable bonds is 1. The number of benzene rings is 1. The van der Waals surface area contributed by atoms with Crippen molar-refractivity contribution in [2.24, 2.45) is 11.3 Å². The Morgan fingerprint density at radius 1 is 1.12 bits per heavy atom. The average molecular weight is 355 g/mol. The van der Waals surface area contributed by atoms with E-state index in [2.05, 4.69) is 49.1 Å². The molecule has 6 nitrogen and oxygen atoms in total. The number of fused-ring (bicyclic) bond motifs is 2. The average Bonchev–Trinajstić information content (AvgIpc) is 3.18. The molecule has 1 fully saturated rings. The summed E-state index contributed by atoms with van der Waals surface area (Å²) in [7, 11) is 0. The molecular formula is C20H25N3O3. The van der Waals surface area contributed by atoms with Gasteiger partial charge in [-0.3, -0.25) is 10.2 Å². The molecule has 3 N–H and O–H groups in total. The second kappa shape index (κ2) is 5.47. The Labute approximate surface area is 153 Å². The van der Waals surface area contributed by atoms with Crippen molar-refractivity contribution in [3.05, 3.63) is 35.0 Å². The van der Waals surface area contributed by atoms with E-state index in [0.717, 1.165) is 34.8 Å². The maximum Gasteiger partial charge on any atom is 0.231 e. The lowest BCUT2D eigenvalue weighted by Crippen LogP contribution is -2.52. The van der Waals surface area contributed by atoms with Crippen LogP contribution in [0.1, 0.15) is 45.1 Å². The fourth-order valence-electron chi connectivity index (χ4n) is 5.02. The second-order valence-corrected chi connectivity index (χ2v) is 8.70. The number of ether oxygens (including phenoxy) is 2. The summed E-state index contributed by atoms with van der Waals surface area (Å²) in [5, 5.41) is 3.62. The van der Waals surface area contributed by atoms with Crippen molar-refractivity contribution in [1.29, 1.82) is 0 Å². The van der Waals surface area contributed by atoms with Gasteiger partial charge in [-0.05, 0) is 36.5 Å². The van der Waals surface area contributed by atoms with Gasteiger partial charge in [-0.15, -0.1) is 0 Å². The molecule has 4 unspecified atom stereocenters. The molecule has 0 saturated carbocycles. The van der Waals surface area contributed by atoms with Gasteiger partial charge in [0.15, 0.2) is 17.3 Å². The summed E-state index contributed by atoms with van der Waals surface area (Å²) in [5.74, 6) is 2.12. The van der Waals surface area contributed by atoms with E-state index < -0.39 is 0 Å². The Bertz CT molecular complexity index is 817. The topological polar surface area (TPSA) is 71.6 Å². The van der Waals surface area contributed by atoms with Crippen molar-refractivity contribution in [1.82, 2.24) is 16.2 Å². The maximum atomic E-state index is 13.2. The van der Waals surface area contributed by atoms with Crippen LogP contribution in [0.5, 0.6) is 11.5 Å². The SMILES string of the molecule is CC1NNC2NC3=C(C(=O)CC(C)(C)C3)C(c3ccc4c(c3)OCO4)C12. The van der Waals surface area contributed by atoms with Gasteiger partial charge in [0.05, 0.1) is 6.17 Å². The zero-order chi connectivity index (χ0) is 18.1. The number of hydrogen-bond acceptors (Lipinski definition) is 6. The molecule has 138 valence electrons. The Morgan fingerprint density at radius 2 is 1.92 bits per heavy atom. The molecule has 3 heterocycles. The first-order valence-corrected chi connectivity index (χ1v) is 9.36. The zero-order valence-electron chi connectivity index (χ0n) is 15.4. The molecule has 0 spiro atoms. The minimum absolute atomic E-state index is 0.00710. The van der Waals surface area contributed by atoms with Crippen LogP contribution >= 0.6 is 0 Å². The van der Waals surface area contributed by atoms with E-state index in [9.17, 15) is 4.79 Å². The van der Waals surface area contributed by atoms with E-state index in [1.807, 2.05) is 6.07 Å². The number of allylic oxidation sites excluding steroid dienone is 2. The first kappa shape index (κ1) is 16.1. The first-order chi connectivity index (χ1) is 12.4. The van der Waals surface area contributed by atoms with Crippen molar-refractivity contribution in [3.8, 4) is 11.5 Å². The molecule has 26 heavy (non-hydrogen) atoms. The summed E-state index contributed by atoms with van der Waals surface area (Å²) < 4.78 is 11.1. The van der Waals surface area contributed by atoms with Crippen molar-refractivity contribution < 1.29 is 14.3 Å². The molecule has 0 bridgehead atoms. The van der Waals surface area contributed by atoms with Crippen molar-refractivity contribution in [3.63, 3.8) is 0 Å². The lowest BCUT2D eigenvalue weighted by atomic mass is 9.65. The number of carbonyl (C=O) groups excluding carboxylic acids is 1. The molecule has 0 radical (unpaired) electrons. The van der Waals surface area contributed by atoms with Crippen LogP contribution in [0.3, 0.4) is 0 Å². The van der Waals surface area contributed by atoms with Crippen LogP contribution in [-0.2, 0) is 4.79 Å². The Morgan fingerprint density at radius 3 is 2.77 bits per heavy atom. The molecule has 0 amide bonds. The van der Waals surface area contributed by atoms with E-state index in [0.29, 0.717) is 6.42 Å². The van der Waals surface area contributed by atoms with Crippen LogP contribution in [0.25, 0.3) is 0 Å². The minimum atomic E-state index is -0.00710. The molecule has 0 aromatic heterocycles. The quantitative estimate of drug-likeness (QED) is 0.717. The minimum Gasteiger partial charge on any atom is -0.454 e. The highest BCUT2D eigenvalue weighted by Crippen LogP contribution is 2.49. The molecule has 4 aliphatic rings. The number of ketones is 1. The number of Topliss-reactive ketones (excluding diaryl/α,β-unsaturated/α-hetero) is 1. The molecule has 1 aliphatic carbocycles. The molecule has 6 heteroatoms. The Kier molecular flexibility index (Phi) is 3.40. The molecule has 5 rings (SSSR count). The zero-order valence-corrected chi connectivity index (χ0v) is 15.4. The van der Waals surface area contributed by atoms with Gasteiger partial charge in [0.1, 0.15) is 0 Å². The summed E-state index contributed by atoms with van der Waals surface area (Å²) in [4.78, 5) is 13.2. The number of hydrogen-bond donors (Lipinski definition) is 3. The summed E-state index contributed by atoms with van der Waals surface area (Å²) in [6.45, 7) is 6.77. The van der Waals surface area contributed by atoms with Crippen LogP contribution in [-0.4, -0.2) is 24.8 Å². The number of hydrazine groups is 1. The van der Waals surface area contributed by atoms with Crippen LogP contribution in [0.4, 0.5) is 0 Å². The van der Waals surface area contributed by atoms with Gasteiger partial charge < -0.3 is 14.8 Å². The lowest BCUT2D eigenvalue weighted by Gasteiger charge is -2.44. The molecule has 4 atom stereocenters. The third-order valence-corrected chi connectivity index (χ3v) is 6.13. The predicted octanol–water partition coefficient (Wildman–Crippen LogP) is 2.18. The van der Waals surface area contributed by atoms with Crippen molar-refractivity contribution in [2.45, 2.75) is 51.7 Å². The van der Waals surface area contributed by atoms with Gasteiger partial charge >= 0.3 is 0 Å². The number of carbonyl (C=O) groups is 1. The predicted molar refractivity (Wildman–Crippen MR) is 96.5 cm³/mol. The molecule has 1 aromatic carbocycles. The van der Waals surface area contributed by atoms with Gasteiger partial charge in [0.2, 0.25) is 6.79 Å². The molecule has 1 saturated heterocycles. The van der Waals surface area contributed by atoms with Gasteiger partial charge in [0, 0.05) is 35.6 Å². The Balaban J connectivity index is 1.65. The van der Waals surface area contributed by atoms with E-state index in [4.69, 9.17) is 9.47 Å². The van der Waals surface area contributed by atoms with E-state index in [-0.39, 0.29) is 42.0 Å². The smallest absolute Gasteiger partial charge is 0.231 e. The summed E-state index contributed by atoms with van der Waals surface area (Å²) in [6.07, 6.45) is 1.61. The molecule has 3 aliphatic heterocycles. The van der Waals surface area contributed by atoms with Crippen LogP contribution in [0, 0.1) is 11.3 Å². The number of nitrogens with one attached hydrogen (secondary N) is 3. The van der Waals surface area contributed by atoms with Gasteiger partial charge in [-0.25, -0.2) is 5.43 Å².